The maximum absolute atomic E-state index is 12.3. The number of thiophene rings is 1. The second-order valence-corrected chi connectivity index (χ2v) is 6.42. The first-order chi connectivity index (χ1) is 9.21. The standard InChI is InChI=1S/C14H20N2O2S/c1-15-8-9-18-11-14(15)4-6-16(7-5-14)13(17)12-3-2-10-19-12/h2-3,10H,4-9,11H2,1H3. The average Bonchev–Trinajstić information content (AvgIpc) is 2.96. The van der Waals surface area contributed by atoms with Gasteiger partial charge in [0.1, 0.15) is 0 Å². The number of carbonyl (C=O) groups excluding carboxylic acids is 1. The van der Waals surface area contributed by atoms with E-state index in [0.717, 1.165) is 50.6 Å². The molecule has 2 aliphatic heterocycles. The number of likely N-dealkylation sites (tertiary alicyclic amines) is 1. The van der Waals surface area contributed by atoms with Crippen LogP contribution in [0.2, 0.25) is 0 Å². The highest BCUT2D eigenvalue weighted by Gasteiger charge is 2.41. The van der Waals surface area contributed by atoms with E-state index in [2.05, 4.69) is 11.9 Å². The van der Waals surface area contributed by atoms with Crippen molar-refractivity contribution in [2.45, 2.75) is 18.4 Å². The van der Waals surface area contributed by atoms with Gasteiger partial charge < -0.3 is 9.64 Å². The van der Waals surface area contributed by atoms with Gasteiger partial charge in [0.05, 0.1) is 18.1 Å². The molecule has 2 aliphatic rings. The SMILES string of the molecule is CN1CCOCC12CCN(C(=O)c1cccs1)CC2. The largest absolute Gasteiger partial charge is 0.378 e. The molecule has 1 spiro atoms. The van der Waals surface area contributed by atoms with Crippen LogP contribution in [-0.2, 0) is 4.74 Å². The van der Waals surface area contributed by atoms with Crippen molar-refractivity contribution in [2.75, 3.05) is 39.9 Å². The van der Waals surface area contributed by atoms with Crippen LogP contribution in [0.25, 0.3) is 0 Å². The average molecular weight is 280 g/mol. The van der Waals surface area contributed by atoms with Gasteiger partial charge in [0.25, 0.3) is 5.91 Å². The fraction of sp³-hybridized carbons (Fsp3) is 0.643. The summed E-state index contributed by atoms with van der Waals surface area (Å²) in [6.07, 6.45) is 2.03. The van der Waals surface area contributed by atoms with Crippen LogP contribution in [0.1, 0.15) is 22.5 Å². The molecule has 0 bridgehead atoms. The molecule has 0 aromatic carbocycles. The molecule has 19 heavy (non-hydrogen) atoms. The molecule has 0 radical (unpaired) electrons. The van der Waals surface area contributed by atoms with E-state index in [1.807, 2.05) is 22.4 Å². The van der Waals surface area contributed by atoms with Crippen molar-refractivity contribution in [3.63, 3.8) is 0 Å². The Morgan fingerprint density at radius 2 is 2.16 bits per heavy atom. The summed E-state index contributed by atoms with van der Waals surface area (Å²) in [5.74, 6) is 0.184. The van der Waals surface area contributed by atoms with Gasteiger partial charge in [-0.05, 0) is 31.3 Å². The van der Waals surface area contributed by atoms with Gasteiger partial charge in [-0.15, -0.1) is 11.3 Å². The lowest BCUT2D eigenvalue weighted by molar-refractivity contribution is -0.0796. The van der Waals surface area contributed by atoms with Crippen molar-refractivity contribution in [1.29, 1.82) is 0 Å². The van der Waals surface area contributed by atoms with E-state index < -0.39 is 0 Å². The third-order valence-corrected chi connectivity index (χ3v) is 5.32. The predicted molar refractivity (Wildman–Crippen MR) is 75.6 cm³/mol. The van der Waals surface area contributed by atoms with E-state index in [9.17, 15) is 4.79 Å². The molecule has 2 fully saturated rings. The second-order valence-electron chi connectivity index (χ2n) is 5.47. The van der Waals surface area contributed by atoms with Crippen LogP contribution in [0.3, 0.4) is 0 Å². The topological polar surface area (TPSA) is 32.8 Å². The molecule has 3 heterocycles. The minimum atomic E-state index is 0.157. The Hall–Kier alpha value is -0.910. The van der Waals surface area contributed by atoms with Crippen molar-refractivity contribution in [3.05, 3.63) is 22.4 Å². The lowest BCUT2D eigenvalue weighted by atomic mass is 9.86. The van der Waals surface area contributed by atoms with Gasteiger partial charge in [0, 0.05) is 25.2 Å². The first kappa shape index (κ1) is 13.1. The normalized spacial score (nSPS) is 23.7. The summed E-state index contributed by atoms with van der Waals surface area (Å²) in [6.45, 7) is 4.31. The van der Waals surface area contributed by atoms with Crippen LogP contribution < -0.4 is 0 Å². The van der Waals surface area contributed by atoms with Crippen LogP contribution in [0.15, 0.2) is 17.5 Å². The molecular formula is C14H20N2O2S. The smallest absolute Gasteiger partial charge is 0.263 e. The molecule has 0 N–H and O–H groups in total. The zero-order chi connectivity index (χ0) is 13.3. The van der Waals surface area contributed by atoms with Gasteiger partial charge in [0.2, 0.25) is 0 Å². The molecule has 3 rings (SSSR count). The third kappa shape index (κ3) is 2.42. The van der Waals surface area contributed by atoms with Crippen LogP contribution >= 0.6 is 11.3 Å². The third-order valence-electron chi connectivity index (χ3n) is 4.46. The minimum Gasteiger partial charge on any atom is -0.378 e. The summed E-state index contributed by atoms with van der Waals surface area (Å²) in [5.41, 5.74) is 0.157. The number of amides is 1. The van der Waals surface area contributed by atoms with Crippen LogP contribution in [0.4, 0.5) is 0 Å². The van der Waals surface area contributed by atoms with E-state index in [4.69, 9.17) is 4.74 Å². The Morgan fingerprint density at radius 3 is 2.79 bits per heavy atom. The first-order valence-electron chi connectivity index (χ1n) is 6.83. The van der Waals surface area contributed by atoms with Gasteiger partial charge in [-0.25, -0.2) is 0 Å². The molecule has 1 aromatic heterocycles. The lowest BCUT2D eigenvalue weighted by Gasteiger charge is -2.49. The molecule has 2 saturated heterocycles. The highest BCUT2D eigenvalue weighted by molar-refractivity contribution is 7.12. The molecule has 104 valence electrons. The van der Waals surface area contributed by atoms with Crippen molar-refractivity contribution in [2.24, 2.45) is 0 Å². The van der Waals surface area contributed by atoms with E-state index in [0.29, 0.717) is 0 Å². The van der Waals surface area contributed by atoms with Gasteiger partial charge in [-0.1, -0.05) is 6.07 Å². The first-order valence-corrected chi connectivity index (χ1v) is 7.71. The van der Waals surface area contributed by atoms with Gasteiger partial charge >= 0.3 is 0 Å². The molecular weight excluding hydrogens is 260 g/mol. The maximum Gasteiger partial charge on any atom is 0.263 e. The van der Waals surface area contributed by atoms with Gasteiger partial charge in [-0.3, -0.25) is 9.69 Å². The molecule has 1 amide bonds. The zero-order valence-electron chi connectivity index (χ0n) is 11.3. The molecule has 0 saturated carbocycles. The second kappa shape index (κ2) is 5.23. The number of likely N-dealkylation sites (N-methyl/N-ethyl adjacent to an activating group) is 1. The highest BCUT2D eigenvalue weighted by Crippen LogP contribution is 2.31. The quantitative estimate of drug-likeness (QED) is 0.785. The molecule has 0 aliphatic carbocycles. The summed E-state index contributed by atoms with van der Waals surface area (Å²) in [7, 11) is 2.18. The number of piperidine rings is 1. The summed E-state index contributed by atoms with van der Waals surface area (Å²) in [6, 6.07) is 3.85. The Balaban J connectivity index is 1.64. The van der Waals surface area contributed by atoms with E-state index in [1.165, 1.54) is 11.3 Å². The van der Waals surface area contributed by atoms with Crippen molar-refractivity contribution >= 4 is 17.2 Å². The molecule has 5 heteroatoms. The Kier molecular flexibility index (Phi) is 3.60. The molecule has 0 unspecified atom stereocenters. The number of hydrogen-bond donors (Lipinski definition) is 0. The van der Waals surface area contributed by atoms with Gasteiger partial charge in [-0.2, -0.15) is 0 Å². The van der Waals surface area contributed by atoms with E-state index in [-0.39, 0.29) is 11.4 Å². The van der Waals surface area contributed by atoms with Crippen molar-refractivity contribution < 1.29 is 9.53 Å². The van der Waals surface area contributed by atoms with Crippen LogP contribution in [0, 0.1) is 0 Å². The molecule has 1 aromatic rings. The maximum atomic E-state index is 12.3. The van der Waals surface area contributed by atoms with Crippen molar-refractivity contribution in [3.8, 4) is 0 Å². The van der Waals surface area contributed by atoms with Crippen molar-refractivity contribution in [1.82, 2.24) is 9.80 Å². The Bertz CT molecular complexity index is 438. The number of morpholine rings is 1. The Morgan fingerprint density at radius 1 is 1.37 bits per heavy atom. The summed E-state index contributed by atoms with van der Waals surface area (Å²) < 4.78 is 5.66. The molecule has 4 nitrogen and oxygen atoms in total. The fourth-order valence-corrected chi connectivity index (χ4v) is 3.71. The Labute approximate surface area is 118 Å². The lowest BCUT2D eigenvalue weighted by Crippen LogP contribution is -2.60. The van der Waals surface area contributed by atoms with Gasteiger partial charge in [0.15, 0.2) is 0 Å². The number of hydrogen-bond acceptors (Lipinski definition) is 4. The number of carbonyl (C=O) groups is 1. The zero-order valence-corrected chi connectivity index (χ0v) is 12.1. The van der Waals surface area contributed by atoms with Crippen LogP contribution in [-0.4, -0.2) is 61.1 Å². The van der Waals surface area contributed by atoms with E-state index >= 15 is 0 Å². The minimum absolute atomic E-state index is 0.157. The summed E-state index contributed by atoms with van der Waals surface area (Å²) in [4.78, 5) is 17.6. The summed E-state index contributed by atoms with van der Waals surface area (Å²) >= 11 is 1.53. The highest BCUT2D eigenvalue weighted by atomic mass is 32.1. The summed E-state index contributed by atoms with van der Waals surface area (Å²) in [5, 5.41) is 1.96. The molecule has 0 atom stereocenters. The monoisotopic (exact) mass is 280 g/mol. The number of rotatable bonds is 1. The van der Waals surface area contributed by atoms with Crippen LogP contribution in [0.5, 0.6) is 0 Å². The predicted octanol–water partition coefficient (Wildman–Crippen LogP) is 1.68. The fourth-order valence-electron chi connectivity index (χ4n) is 3.02. The number of ether oxygens (including phenoxy) is 1. The van der Waals surface area contributed by atoms with E-state index in [1.54, 1.807) is 0 Å². The number of nitrogens with zero attached hydrogens (tertiary/aromatic N) is 2.